The van der Waals surface area contributed by atoms with E-state index in [1.54, 1.807) is 0 Å². The van der Waals surface area contributed by atoms with Crippen LogP contribution >= 0.6 is 0 Å². The van der Waals surface area contributed by atoms with E-state index in [0.717, 1.165) is 12.1 Å². The number of aryl methyl sites for hydroxylation is 1. The van der Waals surface area contributed by atoms with Crippen molar-refractivity contribution in [2.75, 3.05) is 5.32 Å². The molecule has 1 aliphatic heterocycles. The first kappa shape index (κ1) is 21.1. The van der Waals surface area contributed by atoms with Gasteiger partial charge in [0.2, 0.25) is 11.7 Å². The van der Waals surface area contributed by atoms with Crippen LogP contribution in [-0.2, 0) is 17.4 Å². The van der Waals surface area contributed by atoms with Crippen LogP contribution in [0.3, 0.4) is 0 Å². The Kier molecular flexibility index (Phi) is 5.67. The maximum absolute atomic E-state index is 13.2. The molecule has 4 rings (SSSR count). The third-order valence-electron chi connectivity index (χ3n) is 4.12. The van der Waals surface area contributed by atoms with E-state index < -0.39 is 35.2 Å². The molecule has 0 saturated carbocycles. The molecule has 7 nitrogen and oxygen atoms in total. The van der Waals surface area contributed by atoms with Gasteiger partial charge in [-0.1, -0.05) is 6.07 Å². The largest absolute Gasteiger partial charge is 0.433 e. The number of aromatic nitrogens is 3. The Morgan fingerprint density at radius 1 is 1.17 bits per heavy atom. The molecule has 3 N–H and O–H groups in total. The smallest absolute Gasteiger partial charge is 0.363 e. The molecule has 0 bridgehead atoms. The van der Waals surface area contributed by atoms with Crippen molar-refractivity contribution in [3.63, 3.8) is 0 Å². The maximum atomic E-state index is 13.2. The summed E-state index contributed by atoms with van der Waals surface area (Å²) in [5, 5.41) is 5.83. The zero-order chi connectivity index (χ0) is 22.1. The highest BCUT2D eigenvalue weighted by Gasteiger charge is 2.34. The molecule has 2 aromatic heterocycles. The van der Waals surface area contributed by atoms with Crippen LogP contribution in [0.5, 0.6) is 0 Å². The second kappa shape index (κ2) is 8.05. The van der Waals surface area contributed by atoms with Crippen LogP contribution in [0.1, 0.15) is 34.7 Å². The summed E-state index contributed by atoms with van der Waals surface area (Å²) >= 11 is 0. The average molecular weight is 427 g/mol. The number of fused-ring (bicyclic) bond motifs is 2. The molecular weight excluding hydrogens is 413 g/mol. The number of nitrogens with two attached hydrogens (primary N) is 1. The Morgan fingerprint density at radius 2 is 1.90 bits per heavy atom. The van der Waals surface area contributed by atoms with Crippen LogP contribution in [0, 0.1) is 11.6 Å². The predicted octanol–water partition coefficient (Wildman–Crippen LogP) is 3.09. The predicted molar refractivity (Wildman–Crippen MR) is 94.4 cm³/mol. The minimum Gasteiger partial charge on any atom is -0.363 e. The minimum atomic E-state index is -4.57. The molecule has 158 valence electrons. The van der Waals surface area contributed by atoms with Gasteiger partial charge in [-0.05, 0) is 36.6 Å². The zero-order valence-corrected chi connectivity index (χ0v) is 15.1. The Bertz CT molecular complexity index is 1130. The molecular formula is C18H14F5N5O2. The van der Waals surface area contributed by atoms with E-state index in [1.807, 2.05) is 0 Å². The maximum Gasteiger partial charge on any atom is 0.433 e. The number of benzene rings is 1. The van der Waals surface area contributed by atoms with Crippen LogP contribution in [0.15, 0.2) is 30.3 Å². The SMILES string of the molecule is NC(=O)c1nc2cccc(C(F)(F)F)n2n1.O=C1CCCc2cc(F)cc(F)c2N1. The summed E-state index contributed by atoms with van der Waals surface area (Å²) in [4.78, 5) is 25.4. The lowest BCUT2D eigenvalue weighted by molar-refractivity contribution is -0.142. The molecule has 0 aliphatic carbocycles. The first-order valence-corrected chi connectivity index (χ1v) is 8.57. The second-order valence-corrected chi connectivity index (χ2v) is 6.30. The van der Waals surface area contributed by atoms with Gasteiger partial charge in [-0.25, -0.2) is 18.3 Å². The van der Waals surface area contributed by atoms with Crippen LogP contribution in [0.2, 0.25) is 0 Å². The van der Waals surface area contributed by atoms with Crippen molar-refractivity contribution in [2.24, 2.45) is 5.73 Å². The first-order valence-electron chi connectivity index (χ1n) is 8.57. The molecule has 12 heteroatoms. The fraction of sp³-hybridized carbons (Fsp3) is 0.222. The lowest BCUT2D eigenvalue weighted by atomic mass is 10.1. The number of hydrogen-bond donors (Lipinski definition) is 2. The fourth-order valence-corrected chi connectivity index (χ4v) is 2.83. The molecule has 0 atom stereocenters. The van der Waals surface area contributed by atoms with Crippen molar-refractivity contribution >= 4 is 23.1 Å². The number of anilines is 1. The molecule has 0 radical (unpaired) electrons. The molecule has 2 amide bonds. The number of amides is 2. The normalized spacial score (nSPS) is 13.7. The fourth-order valence-electron chi connectivity index (χ4n) is 2.83. The standard InChI is InChI=1S/C10H9F2NO.C8H5F3N4O/c11-7-4-6-2-1-3-9(14)13-10(6)8(12)5-7;9-8(10,11)4-2-1-3-5-13-7(6(12)16)14-15(4)5/h4-5H,1-3H2,(H,13,14);1-3H,(H2,12,16). The highest BCUT2D eigenvalue weighted by Crippen LogP contribution is 2.29. The number of carbonyl (C=O) groups is 2. The highest BCUT2D eigenvalue weighted by molar-refractivity contribution is 5.92. The van der Waals surface area contributed by atoms with Crippen LogP contribution in [0.4, 0.5) is 27.6 Å². The van der Waals surface area contributed by atoms with E-state index >= 15 is 0 Å². The quantitative estimate of drug-likeness (QED) is 0.583. The minimum absolute atomic E-state index is 0.0800. The molecule has 0 fully saturated rings. The summed E-state index contributed by atoms with van der Waals surface area (Å²) < 4.78 is 64.2. The number of rotatable bonds is 1. The molecule has 0 unspecified atom stereocenters. The first-order chi connectivity index (χ1) is 14.1. The molecule has 3 aromatic rings. The van der Waals surface area contributed by atoms with E-state index in [9.17, 15) is 31.5 Å². The summed E-state index contributed by atoms with van der Waals surface area (Å²) in [6.45, 7) is 0. The molecule has 0 saturated heterocycles. The lowest BCUT2D eigenvalue weighted by Gasteiger charge is -2.07. The second-order valence-electron chi connectivity index (χ2n) is 6.30. The van der Waals surface area contributed by atoms with Gasteiger partial charge < -0.3 is 11.1 Å². The van der Waals surface area contributed by atoms with Gasteiger partial charge in [0, 0.05) is 12.5 Å². The lowest BCUT2D eigenvalue weighted by Crippen LogP contribution is -2.15. The van der Waals surface area contributed by atoms with Gasteiger partial charge in [0.15, 0.2) is 5.65 Å². The van der Waals surface area contributed by atoms with Crippen LogP contribution < -0.4 is 11.1 Å². The number of nitrogens with one attached hydrogen (secondary N) is 1. The van der Waals surface area contributed by atoms with Crippen molar-refractivity contribution < 1.29 is 31.5 Å². The van der Waals surface area contributed by atoms with Crippen molar-refractivity contribution in [1.82, 2.24) is 14.6 Å². The molecule has 30 heavy (non-hydrogen) atoms. The Morgan fingerprint density at radius 3 is 2.57 bits per heavy atom. The zero-order valence-electron chi connectivity index (χ0n) is 15.1. The van der Waals surface area contributed by atoms with E-state index in [-0.39, 0.29) is 17.2 Å². The number of alkyl halides is 3. The summed E-state index contributed by atoms with van der Waals surface area (Å²) in [5.41, 5.74) is 4.46. The van der Waals surface area contributed by atoms with Gasteiger partial charge in [0.05, 0.1) is 5.69 Å². The Labute approximate surface area is 165 Å². The summed E-state index contributed by atoms with van der Waals surface area (Å²) in [6.07, 6.45) is -3.05. The number of nitrogens with zero attached hydrogens (tertiary/aromatic N) is 3. The monoisotopic (exact) mass is 427 g/mol. The van der Waals surface area contributed by atoms with Gasteiger partial charge in [-0.2, -0.15) is 13.2 Å². The summed E-state index contributed by atoms with van der Waals surface area (Å²) in [5.74, 6) is -2.93. The molecule has 1 aromatic carbocycles. The van der Waals surface area contributed by atoms with Crippen molar-refractivity contribution in [3.8, 4) is 0 Å². The number of hydrogen-bond acceptors (Lipinski definition) is 4. The summed E-state index contributed by atoms with van der Waals surface area (Å²) in [6, 6.07) is 5.37. The topological polar surface area (TPSA) is 102 Å². The van der Waals surface area contributed by atoms with Crippen molar-refractivity contribution in [2.45, 2.75) is 25.4 Å². The van der Waals surface area contributed by atoms with Crippen LogP contribution in [0.25, 0.3) is 5.65 Å². The van der Waals surface area contributed by atoms with Gasteiger partial charge in [-0.3, -0.25) is 9.59 Å². The molecule has 0 spiro atoms. The van der Waals surface area contributed by atoms with E-state index in [1.165, 1.54) is 18.2 Å². The average Bonchev–Trinajstić information content (AvgIpc) is 2.99. The molecule has 3 heterocycles. The number of primary amides is 1. The van der Waals surface area contributed by atoms with Gasteiger partial charge in [-0.15, -0.1) is 5.10 Å². The Balaban J connectivity index is 0.000000172. The number of carbonyl (C=O) groups excluding carboxylic acids is 2. The van der Waals surface area contributed by atoms with Gasteiger partial charge in [0.1, 0.15) is 17.3 Å². The highest BCUT2D eigenvalue weighted by atomic mass is 19.4. The number of pyridine rings is 1. The van der Waals surface area contributed by atoms with E-state index in [2.05, 4.69) is 15.4 Å². The van der Waals surface area contributed by atoms with Gasteiger partial charge in [0.25, 0.3) is 5.91 Å². The third kappa shape index (κ3) is 4.53. The van der Waals surface area contributed by atoms with Crippen molar-refractivity contribution in [1.29, 1.82) is 0 Å². The van der Waals surface area contributed by atoms with Gasteiger partial charge >= 0.3 is 6.18 Å². The number of halogens is 5. The van der Waals surface area contributed by atoms with E-state index in [4.69, 9.17) is 5.73 Å². The molecule has 1 aliphatic rings. The third-order valence-corrected chi connectivity index (χ3v) is 4.12. The summed E-state index contributed by atoms with van der Waals surface area (Å²) in [7, 11) is 0. The Hall–Kier alpha value is -3.57. The van der Waals surface area contributed by atoms with Crippen LogP contribution in [-0.4, -0.2) is 26.4 Å². The van der Waals surface area contributed by atoms with Crippen molar-refractivity contribution in [3.05, 3.63) is 59.0 Å². The van der Waals surface area contributed by atoms with E-state index in [0.29, 0.717) is 29.3 Å².